The van der Waals surface area contributed by atoms with Gasteiger partial charge in [0.2, 0.25) is 5.91 Å². The maximum atomic E-state index is 11.9. The molecule has 1 heterocycles. The number of fused-ring (bicyclic) bond motifs is 1. The van der Waals surface area contributed by atoms with Crippen molar-refractivity contribution in [2.24, 2.45) is 5.92 Å². The molecule has 0 saturated heterocycles. The summed E-state index contributed by atoms with van der Waals surface area (Å²) in [7, 11) is 0. The van der Waals surface area contributed by atoms with Gasteiger partial charge in [0, 0.05) is 11.2 Å². The summed E-state index contributed by atoms with van der Waals surface area (Å²) in [5.41, 5.74) is 2.63. The van der Waals surface area contributed by atoms with E-state index < -0.39 is 0 Å². The lowest BCUT2D eigenvalue weighted by Gasteiger charge is -2.22. The fourth-order valence-electron chi connectivity index (χ4n) is 2.61. The van der Waals surface area contributed by atoms with Crippen LogP contribution in [0.25, 0.3) is 0 Å². The molecule has 2 rings (SSSR count). The number of hydrogen-bond donors (Lipinski definition) is 1. The monoisotopic (exact) mass is 317 g/mol. The highest BCUT2D eigenvalue weighted by Crippen LogP contribution is 2.29. The van der Waals surface area contributed by atoms with Crippen LogP contribution in [0.4, 0.5) is 0 Å². The van der Waals surface area contributed by atoms with Gasteiger partial charge in [-0.05, 0) is 57.6 Å². The Balaban J connectivity index is 2.11. The Kier molecular flexibility index (Phi) is 5.12. The zero-order valence-electron chi connectivity index (χ0n) is 13.7. The van der Waals surface area contributed by atoms with Gasteiger partial charge < -0.3 is 5.32 Å². The van der Waals surface area contributed by atoms with Crippen LogP contribution in [0.3, 0.4) is 0 Å². The van der Waals surface area contributed by atoms with Crippen LogP contribution < -0.4 is 5.32 Å². The van der Waals surface area contributed by atoms with Crippen molar-refractivity contribution >= 4 is 17.7 Å². The number of carbonyl (C=O) groups is 1. The molecule has 1 aliphatic rings. The highest BCUT2D eigenvalue weighted by molar-refractivity contribution is 8.00. The molecule has 1 atom stereocenters. The second-order valence-electron chi connectivity index (χ2n) is 6.99. The lowest BCUT2D eigenvalue weighted by atomic mass is 9.87. The molecule has 0 radical (unpaired) electrons. The number of aromatic nitrogens is 1. The third-order valence-corrected chi connectivity index (χ3v) is 4.56. The Morgan fingerprint density at radius 3 is 2.91 bits per heavy atom. The Morgan fingerprint density at radius 2 is 2.27 bits per heavy atom. The van der Waals surface area contributed by atoms with Crippen LogP contribution in [0.2, 0.25) is 0 Å². The van der Waals surface area contributed by atoms with Crippen molar-refractivity contribution in [3.8, 4) is 6.07 Å². The second-order valence-corrected chi connectivity index (χ2v) is 7.96. The standard InChI is InChI=1S/C17H23N3OS/c1-11-5-6-14-12(7-11)8-13(9-18)16(19-14)22-10-15(21)20-17(2,3)4/h8,11H,5-7,10H2,1-4H3,(H,20,21). The van der Waals surface area contributed by atoms with Gasteiger partial charge in [-0.15, -0.1) is 0 Å². The molecule has 1 N–H and O–H groups in total. The predicted octanol–water partition coefficient (Wildman–Crippen LogP) is 3.08. The van der Waals surface area contributed by atoms with Gasteiger partial charge in [0.05, 0.1) is 11.3 Å². The van der Waals surface area contributed by atoms with Gasteiger partial charge in [0.25, 0.3) is 0 Å². The quantitative estimate of drug-likeness (QED) is 0.870. The van der Waals surface area contributed by atoms with Crippen molar-refractivity contribution < 1.29 is 4.79 Å². The van der Waals surface area contributed by atoms with Crippen molar-refractivity contribution in [1.29, 1.82) is 5.26 Å². The fourth-order valence-corrected chi connectivity index (χ4v) is 3.38. The molecule has 1 unspecified atom stereocenters. The third kappa shape index (κ3) is 4.48. The molecule has 5 heteroatoms. The van der Waals surface area contributed by atoms with Crippen molar-refractivity contribution in [2.75, 3.05) is 5.75 Å². The topological polar surface area (TPSA) is 65.8 Å². The van der Waals surface area contributed by atoms with E-state index in [2.05, 4.69) is 23.3 Å². The number of hydrogen-bond acceptors (Lipinski definition) is 4. The van der Waals surface area contributed by atoms with E-state index in [-0.39, 0.29) is 17.2 Å². The molecule has 1 aromatic heterocycles. The highest BCUT2D eigenvalue weighted by atomic mass is 32.2. The first kappa shape index (κ1) is 16.8. The van der Waals surface area contributed by atoms with Gasteiger partial charge in [-0.25, -0.2) is 4.98 Å². The number of nitrogens with one attached hydrogen (secondary N) is 1. The summed E-state index contributed by atoms with van der Waals surface area (Å²) in [6.07, 6.45) is 3.09. The highest BCUT2D eigenvalue weighted by Gasteiger charge is 2.20. The minimum atomic E-state index is -0.241. The van der Waals surface area contributed by atoms with E-state index in [0.717, 1.165) is 25.0 Å². The molecule has 0 aliphatic heterocycles. The van der Waals surface area contributed by atoms with E-state index in [9.17, 15) is 10.1 Å². The van der Waals surface area contributed by atoms with E-state index in [4.69, 9.17) is 0 Å². The SMILES string of the molecule is CC1CCc2nc(SCC(=O)NC(C)(C)C)c(C#N)cc2C1. The number of carbonyl (C=O) groups excluding carboxylic acids is 1. The van der Waals surface area contributed by atoms with Gasteiger partial charge in [0.15, 0.2) is 0 Å². The predicted molar refractivity (Wildman–Crippen MR) is 88.8 cm³/mol. The van der Waals surface area contributed by atoms with E-state index in [1.807, 2.05) is 26.8 Å². The minimum absolute atomic E-state index is 0.0328. The molecule has 0 fully saturated rings. The normalized spacial score (nSPS) is 17.5. The largest absolute Gasteiger partial charge is 0.351 e. The lowest BCUT2D eigenvalue weighted by molar-refractivity contribution is -0.119. The van der Waals surface area contributed by atoms with Crippen molar-refractivity contribution in [3.63, 3.8) is 0 Å². The van der Waals surface area contributed by atoms with Gasteiger partial charge in [-0.2, -0.15) is 5.26 Å². The summed E-state index contributed by atoms with van der Waals surface area (Å²) >= 11 is 1.35. The molecule has 1 aliphatic carbocycles. The summed E-state index contributed by atoms with van der Waals surface area (Å²) in [6.45, 7) is 8.09. The van der Waals surface area contributed by atoms with E-state index in [0.29, 0.717) is 16.5 Å². The molecule has 0 spiro atoms. The maximum Gasteiger partial charge on any atom is 0.230 e. The first-order valence-electron chi connectivity index (χ1n) is 7.65. The first-order chi connectivity index (χ1) is 10.3. The van der Waals surface area contributed by atoms with Gasteiger partial charge in [-0.1, -0.05) is 18.7 Å². The number of aryl methyl sites for hydroxylation is 1. The maximum absolute atomic E-state index is 11.9. The van der Waals surface area contributed by atoms with Crippen LogP contribution in [0.1, 0.15) is 50.9 Å². The molecule has 0 saturated carbocycles. The zero-order chi connectivity index (χ0) is 16.3. The van der Waals surface area contributed by atoms with Gasteiger partial charge >= 0.3 is 0 Å². The third-order valence-electron chi connectivity index (χ3n) is 3.57. The number of rotatable bonds is 3. The smallest absolute Gasteiger partial charge is 0.230 e. The summed E-state index contributed by atoms with van der Waals surface area (Å²) in [5, 5.41) is 12.9. The summed E-state index contributed by atoms with van der Waals surface area (Å²) in [5.74, 6) is 0.903. The molecule has 1 aromatic rings. The molecular formula is C17H23N3OS. The van der Waals surface area contributed by atoms with Crippen LogP contribution in [-0.4, -0.2) is 22.2 Å². The van der Waals surface area contributed by atoms with Gasteiger partial charge in [-0.3, -0.25) is 4.79 Å². The van der Waals surface area contributed by atoms with E-state index in [1.54, 1.807) is 0 Å². The fraction of sp³-hybridized carbons (Fsp3) is 0.588. The molecule has 0 bridgehead atoms. The lowest BCUT2D eigenvalue weighted by Crippen LogP contribution is -2.41. The Morgan fingerprint density at radius 1 is 1.55 bits per heavy atom. The zero-order valence-corrected chi connectivity index (χ0v) is 14.5. The number of thioether (sulfide) groups is 1. The van der Waals surface area contributed by atoms with Crippen LogP contribution >= 0.6 is 11.8 Å². The molecule has 22 heavy (non-hydrogen) atoms. The molecule has 4 nitrogen and oxygen atoms in total. The van der Waals surface area contributed by atoms with Crippen molar-refractivity contribution in [3.05, 3.63) is 22.9 Å². The number of nitriles is 1. The van der Waals surface area contributed by atoms with Crippen molar-refractivity contribution in [1.82, 2.24) is 10.3 Å². The first-order valence-corrected chi connectivity index (χ1v) is 8.64. The summed E-state index contributed by atoms with van der Waals surface area (Å²) in [4.78, 5) is 16.6. The summed E-state index contributed by atoms with van der Waals surface area (Å²) in [6, 6.07) is 4.18. The van der Waals surface area contributed by atoms with Crippen LogP contribution in [0, 0.1) is 17.2 Å². The second kappa shape index (κ2) is 6.70. The number of amides is 1. The molecule has 0 aromatic carbocycles. The summed E-state index contributed by atoms with van der Waals surface area (Å²) < 4.78 is 0. The van der Waals surface area contributed by atoms with E-state index >= 15 is 0 Å². The van der Waals surface area contributed by atoms with Crippen LogP contribution in [0.15, 0.2) is 11.1 Å². The number of nitrogens with zero attached hydrogens (tertiary/aromatic N) is 2. The number of pyridine rings is 1. The average molecular weight is 317 g/mol. The molecule has 118 valence electrons. The minimum Gasteiger partial charge on any atom is -0.351 e. The van der Waals surface area contributed by atoms with E-state index in [1.165, 1.54) is 17.3 Å². The molecule has 1 amide bonds. The Bertz CT molecular complexity index is 614. The van der Waals surface area contributed by atoms with Crippen molar-refractivity contribution in [2.45, 2.75) is 57.5 Å². The van der Waals surface area contributed by atoms with Crippen LogP contribution in [-0.2, 0) is 17.6 Å². The molecular weight excluding hydrogens is 294 g/mol. The van der Waals surface area contributed by atoms with Crippen LogP contribution in [0.5, 0.6) is 0 Å². The Labute approximate surface area is 136 Å². The average Bonchev–Trinajstić information content (AvgIpc) is 2.42. The Hall–Kier alpha value is -1.54. The van der Waals surface area contributed by atoms with Gasteiger partial charge in [0.1, 0.15) is 11.1 Å².